The maximum absolute atomic E-state index is 12.1. The number of unbranched alkanes of at least 4 members (excludes halogenated alkanes) is 1. The number of rotatable bonds is 5. The minimum Gasteiger partial charge on any atom is -0.385 e. The van der Waals surface area contributed by atoms with Crippen molar-refractivity contribution < 1.29 is 4.79 Å². The molecule has 0 spiro atoms. The molecule has 24 heavy (non-hydrogen) atoms. The zero-order chi connectivity index (χ0) is 16.9. The van der Waals surface area contributed by atoms with Gasteiger partial charge in [0.05, 0.1) is 0 Å². The number of hydrogen-bond donors (Lipinski definition) is 2. The molecule has 122 valence electrons. The topological polar surface area (TPSA) is 96.5 Å². The van der Waals surface area contributed by atoms with Crippen molar-refractivity contribution >= 4 is 28.3 Å². The molecule has 0 saturated carbocycles. The molecule has 0 aliphatic rings. The average Bonchev–Trinajstić information content (AvgIpc) is 2.95. The minimum atomic E-state index is -0.478. The van der Waals surface area contributed by atoms with E-state index < -0.39 is 5.91 Å². The van der Waals surface area contributed by atoms with Gasteiger partial charge in [-0.05, 0) is 24.5 Å². The summed E-state index contributed by atoms with van der Waals surface area (Å²) in [6.07, 6.45) is 4.92. The number of fused-ring (bicyclic) bond motifs is 1. The van der Waals surface area contributed by atoms with E-state index in [0.717, 1.165) is 35.6 Å². The number of aromatic amines is 1. The summed E-state index contributed by atoms with van der Waals surface area (Å²) in [6.45, 7) is 2.14. The second kappa shape index (κ2) is 7.04. The molecular formula is C18H19N5O. The molecule has 3 N–H and O–H groups in total. The molecule has 2 aromatic heterocycles. The first-order valence-electron chi connectivity index (χ1n) is 7.96. The minimum absolute atomic E-state index is 0.280. The van der Waals surface area contributed by atoms with E-state index in [9.17, 15) is 4.79 Å². The highest BCUT2D eigenvalue weighted by atomic mass is 16.1. The zero-order valence-corrected chi connectivity index (χ0v) is 13.5. The number of pyridine rings is 1. The van der Waals surface area contributed by atoms with Crippen LogP contribution in [0.25, 0.3) is 10.8 Å². The molecule has 0 radical (unpaired) electrons. The number of nitrogens with two attached hydrogens (primary N) is 1. The van der Waals surface area contributed by atoms with Gasteiger partial charge in [-0.3, -0.25) is 9.78 Å². The number of aromatic nitrogens is 2. The van der Waals surface area contributed by atoms with Crippen LogP contribution < -0.4 is 5.73 Å². The largest absolute Gasteiger partial charge is 0.385 e. The number of carbonyl (C=O) groups excluding carboxylic acids is 1. The molecule has 3 rings (SSSR count). The highest BCUT2D eigenvalue weighted by Crippen LogP contribution is 2.30. The number of H-pyrrole nitrogens is 1. The number of benzene rings is 1. The number of carbonyl (C=O) groups is 1. The maximum atomic E-state index is 12.1. The van der Waals surface area contributed by atoms with E-state index in [1.165, 1.54) is 0 Å². The Morgan fingerprint density at radius 2 is 2.00 bits per heavy atom. The summed E-state index contributed by atoms with van der Waals surface area (Å²) < 4.78 is 0. The first-order valence-corrected chi connectivity index (χ1v) is 7.96. The number of nitrogens with one attached hydrogen (secondary N) is 1. The van der Waals surface area contributed by atoms with Gasteiger partial charge < -0.3 is 10.7 Å². The first kappa shape index (κ1) is 15.9. The SMILES string of the molecule is CCCCc1ccc(C(=O)N=Nc2[nH]c(N)c3ccccc23)nc1. The van der Waals surface area contributed by atoms with E-state index in [1.54, 1.807) is 12.3 Å². The van der Waals surface area contributed by atoms with Crippen molar-refractivity contribution in [3.63, 3.8) is 0 Å². The molecule has 0 fully saturated rings. The zero-order valence-electron chi connectivity index (χ0n) is 13.5. The van der Waals surface area contributed by atoms with Gasteiger partial charge >= 0.3 is 5.91 Å². The van der Waals surface area contributed by atoms with Gasteiger partial charge in [-0.15, -0.1) is 10.2 Å². The highest BCUT2D eigenvalue weighted by molar-refractivity contribution is 6.00. The third-order valence-electron chi connectivity index (χ3n) is 3.83. The molecule has 0 aliphatic heterocycles. The summed E-state index contributed by atoms with van der Waals surface area (Å²) in [4.78, 5) is 19.2. The van der Waals surface area contributed by atoms with Gasteiger partial charge in [-0.25, -0.2) is 0 Å². The fourth-order valence-electron chi connectivity index (χ4n) is 2.49. The summed E-state index contributed by atoms with van der Waals surface area (Å²) in [5.74, 6) is 0.496. The Labute approximate surface area is 139 Å². The monoisotopic (exact) mass is 321 g/mol. The Balaban J connectivity index is 1.77. The van der Waals surface area contributed by atoms with Gasteiger partial charge in [0.15, 0.2) is 5.82 Å². The van der Waals surface area contributed by atoms with Crippen LogP contribution in [0.15, 0.2) is 52.8 Å². The van der Waals surface area contributed by atoms with Crippen LogP contribution in [0.5, 0.6) is 0 Å². The Hall–Kier alpha value is -3.02. The van der Waals surface area contributed by atoms with Crippen molar-refractivity contribution in [3.8, 4) is 0 Å². The predicted molar refractivity (Wildman–Crippen MR) is 94.4 cm³/mol. The average molecular weight is 321 g/mol. The number of nitrogen functional groups attached to an aromatic ring is 1. The number of amides is 1. The first-order chi connectivity index (χ1) is 11.7. The molecule has 0 bridgehead atoms. The van der Waals surface area contributed by atoms with Crippen LogP contribution in [0, 0.1) is 0 Å². The van der Waals surface area contributed by atoms with Gasteiger partial charge in [0.1, 0.15) is 11.5 Å². The Morgan fingerprint density at radius 1 is 1.21 bits per heavy atom. The van der Waals surface area contributed by atoms with E-state index in [1.807, 2.05) is 30.3 Å². The second-order valence-corrected chi connectivity index (χ2v) is 5.59. The summed E-state index contributed by atoms with van der Waals surface area (Å²) in [5.41, 5.74) is 7.30. The lowest BCUT2D eigenvalue weighted by atomic mass is 10.1. The summed E-state index contributed by atoms with van der Waals surface area (Å²) in [5, 5.41) is 9.45. The molecule has 1 aromatic carbocycles. The summed E-state index contributed by atoms with van der Waals surface area (Å²) in [7, 11) is 0. The van der Waals surface area contributed by atoms with Gasteiger partial charge in [0, 0.05) is 17.0 Å². The molecule has 0 unspecified atom stereocenters. The fraction of sp³-hybridized carbons (Fsp3) is 0.222. The van der Waals surface area contributed by atoms with E-state index in [0.29, 0.717) is 11.6 Å². The third-order valence-corrected chi connectivity index (χ3v) is 3.83. The van der Waals surface area contributed by atoms with Crippen molar-refractivity contribution in [1.29, 1.82) is 0 Å². The van der Waals surface area contributed by atoms with Crippen molar-refractivity contribution in [3.05, 3.63) is 53.9 Å². The van der Waals surface area contributed by atoms with Gasteiger partial charge in [0.25, 0.3) is 0 Å². The lowest BCUT2D eigenvalue weighted by Gasteiger charge is -1.99. The van der Waals surface area contributed by atoms with E-state index >= 15 is 0 Å². The molecular weight excluding hydrogens is 302 g/mol. The van der Waals surface area contributed by atoms with Crippen LogP contribution in [0.4, 0.5) is 11.6 Å². The fourth-order valence-corrected chi connectivity index (χ4v) is 2.49. The standard InChI is InChI=1S/C18H19N5O/c1-2-3-6-12-9-10-15(20-11-12)18(24)23-22-17-14-8-5-4-7-13(14)16(19)21-17/h4-5,7-11,21H,2-3,6,19H2,1H3. The number of nitrogens with zero attached hydrogens (tertiary/aromatic N) is 3. The maximum Gasteiger partial charge on any atom is 0.313 e. The van der Waals surface area contributed by atoms with E-state index in [4.69, 9.17) is 5.73 Å². The van der Waals surface area contributed by atoms with Crippen molar-refractivity contribution in [1.82, 2.24) is 9.97 Å². The van der Waals surface area contributed by atoms with Gasteiger partial charge in [0.2, 0.25) is 0 Å². The molecule has 0 saturated heterocycles. The van der Waals surface area contributed by atoms with E-state index in [2.05, 4.69) is 27.1 Å². The molecule has 0 aliphatic carbocycles. The smallest absolute Gasteiger partial charge is 0.313 e. The second-order valence-electron chi connectivity index (χ2n) is 5.59. The van der Waals surface area contributed by atoms with Crippen LogP contribution in [-0.2, 0) is 6.42 Å². The normalized spacial score (nSPS) is 11.4. The quantitative estimate of drug-likeness (QED) is 0.681. The van der Waals surface area contributed by atoms with Crippen LogP contribution in [0.2, 0.25) is 0 Å². The number of anilines is 1. The molecule has 1 amide bonds. The predicted octanol–water partition coefficient (Wildman–Crippen LogP) is 4.41. The van der Waals surface area contributed by atoms with Crippen LogP contribution >= 0.6 is 0 Å². The molecule has 2 heterocycles. The summed E-state index contributed by atoms with van der Waals surface area (Å²) in [6, 6.07) is 11.1. The molecule has 0 atom stereocenters. The van der Waals surface area contributed by atoms with Crippen molar-refractivity contribution in [2.45, 2.75) is 26.2 Å². The Morgan fingerprint density at radius 3 is 2.71 bits per heavy atom. The Kier molecular flexibility index (Phi) is 4.65. The third kappa shape index (κ3) is 3.32. The molecule has 6 nitrogen and oxygen atoms in total. The molecule has 3 aromatic rings. The lowest BCUT2D eigenvalue weighted by Crippen LogP contribution is -1.98. The van der Waals surface area contributed by atoms with Crippen molar-refractivity contribution in [2.75, 3.05) is 5.73 Å². The van der Waals surface area contributed by atoms with E-state index in [-0.39, 0.29) is 5.69 Å². The van der Waals surface area contributed by atoms with Crippen LogP contribution in [0.3, 0.4) is 0 Å². The van der Waals surface area contributed by atoms with Gasteiger partial charge in [-0.1, -0.05) is 43.7 Å². The number of azo groups is 1. The van der Waals surface area contributed by atoms with Crippen molar-refractivity contribution in [2.24, 2.45) is 10.2 Å². The van der Waals surface area contributed by atoms with Gasteiger partial charge in [-0.2, -0.15) is 0 Å². The summed E-state index contributed by atoms with van der Waals surface area (Å²) >= 11 is 0. The van der Waals surface area contributed by atoms with Crippen LogP contribution in [0.1, 0.15) is 35.8 Å². The Bertz CT molecular complexity index is 880. The lowest BCUT2D eigenvalue weighted by molar-refractivity contribution is 0.0990. The highest BCUT2D eigenvalue weighted by Gasteiger charge is 2.09. The number of hydrogen-bond acceptors (Lipinski definition) is 4. The number of aryl methyl sites for hydroxylation is 1. The molecule has 6 heteroatoms. The van der Waals surface area contributed by atoms with Crippen LogP contribution in [-0.4, -0.2) is 15.9 Å².